The van der Waals surface area contributed by atoms with Crippen LogP contribution in [0.5, 0.6) is 0 Å². The normalized spacial score (nSPS) is 17.5. The van der Waals surface area contributed by atoms with E-state index in [4.69, 9.17) is 0 Å². The predicted octanol–water partition coefficient (Wildman–Crippen LogP) is 2.38. The fraction of sp³-hybridized carbons (Fsp3) is 0.765. The molecule has 5 nitrogen and oxygen atoms in total. The number of hydrogen-bond acceptors (Lipinski definition) is 3. The van der Waals surface area contributed by atoms with Gasteiger partial charge in [0.1, 0.15) is 0 Å². The van der Waals surface area contributed by atoms with Gasteiger partial charge in [0.25, 0.3) is 0 Å². The molecule has 1 aromatic rings. The summed E-state index contributed by atoms with van der Waals surface area (Å²) in [4.78, 5) is 12.3. The fourth-order valence-corrected chi connectivity index (χ4v) is 3.44. The van der Waals surface area contributed by atoms with Crippen LogP contribution in [0.1, 0.15) is 62.0 Å². The molecule has 5 heteroatoms. The van der Waals surface area contributed by atoms with Crippen molar-refractivity contribution >= 4 is 5.91 Å². The van der Waals surface area contributed by atoms with Gasteiger partial charge in [-0.1, -0.05) is 6.92 Å². The van der Waals surface area contributed by atoms with Crippen LogP contribution in [0.25, 0.3) is 0 Å². The van der Waals surface area contributed by atoms with Gasteiger partial charge in [0.2, 0.25) is 5.91 Å². The Labute approximate surface area is 133 Å². The average Bonchev–Trinajstić information content (AvgIpc) is 2.77. The predicted molar refractivity (Wildman–Crippen MR) is 88.7 cm³/mol. The molecule has 2 heterocycles. The second-order valence-electron chi connectivity index (χ2n) is 6.47. The first-order valence-electron chi connectivity index (χ1n) is 8.53. The third-order valence-corrected chi connectivity index (χ3v) is 4.90. The Morgan fingerprint density at radius 2 is 2.09 bits per heavy atom. The van der Waals surface area contributed by atoms with Gasteiger partial charge >= 0.3 is 0 Å². The van der Waals surface area contributed by atoms with E-state index in [9.17, 15) is 4.79 Å². The van der Waals surface area contributed by atoms with Crippen molar-refractivity contribution in [2.24, 2.45) is 13.0 Å². The van der Waals surface area contributed by atoms with Gasteiger partial charge in [-0.2, -0.15) is 5.10 Å². The van der Waals surface area contributed by atoms with Crippen LogP contribution < -0.4 is 10.6 Å². The lowest BCUT2D eigenvalue weighted by atomic mass is 9.93. The van der Waals surface area contributed by atoms with Crippen molar-refractivity contribution in [3.63, 3.8) is 0 Å². The number of piperidine rings is 1. The van der Waals surface area contributed by atoms with Crippen molar-refractivity contribution < 1.29 is 4.79 Å². The average molecular weight is 306 g/mol. The maximum absolute atomic E-state index is 12.3. The minimum Gasteiger partial charge on any atom is -0.349 e. The summed E-state index contributed by atoms with van der Waals surface area (Å²) >= 11 is 0. The van der Waals surface area contributed by atoms with Gasteiger partial charge in [-0.05, 0) is 58.5 Å². The molecule has 0 aliphatic carbocycles. The monoisotopic (exact) mass is 306 g/mol. The van der Waals surface area contributed by atoms with E-state index in [1.165, 1.54) is 18.4 Å². The number of aryl methyl sites for hydroxylation is 2. The molecule has 2 rings (SSSR count). The van der Waals surface area contributed by atoms with Gasteiger partial charge in [0, 0.05) is 24.7 Å². The first-order chi connectivity index (χ1) is 10.5. The highest BCUT2D eigenvalue weighted by molar-refractivity contribution is 5.76. The van der Waals surface area contributed by atoms with E-state index in [0.29, 0.717) is 12.3 Å². The summed E-state index contributed by atoms with van der Waals surface area (Å²) in [6.07, 6.45) is 4.94. The number of nitrogens with zero attached hydrogens (tertiary/aromatic N) is 2. The van der Waals surface area contributed by atoms with Gasteiger partial charge in [-0.15, -0.1) is 0 Å². The Bertz CT molecular complexity index is 503. The van der Waals surface area contributed by atoms with Gasteiger partial charge in [0.05, 0.1) is 11.7 Å². The molecular weight excluding hydrogens is 276 g/mol. The summed E-state index contributed by atoms with van der Waals surface area (Å²) in [6, 6.07) is 0.0780. The van der Waals surface area contributed by atoms with Crippen LogP contribution >= 0.6 is 0 Å². The van der Waals surface area contributed by atoms with Crippen molar-refractivity contribution in [1.82, 2.24) is 20.4 Å². The molecular formula is C17H30N4O. The molecule has 1 aromatic heterocycles. The standard InChI is InChI=1S/C17H30N4O/c1-5-15(17-12(2)20-21(4)13(17)3)19-16(22)7-6-14-8-10-18-11-9-14/h14-15,18H,5-11H2,1-4H3,(H,19,22). The molecule has 0 saturated carbocycles. The van der Waals surface area contributed by atoms with Gasteiger partial charge < -0.3 is 10.6 Å². The zero-order chi connectivity index (χ0) is 16.1. The maximum atomic E-state index is 12.3. The summed E-state index contributed by atoms with van der Waals surface area (Å²) < 4.78 is 1.90. The quantitative estimate of drug-likeness (QED) is 0.848. The highest BCUT2D eigenvalue weighted by Gasteiger charge is 2.21. The molecule has 0 spiro atoms. The minimum atomic E-state index is 0.0780. The zero-order valence-corrected chi connectivity index (χ0v) is 14.4. The summed E-state index contributed by atoms with van der Waals surface area (Å²) in [5, 5.41) is 11.0. The van der Waals surface area contributed by atoms with E-state index in [-0.39, 0.29) is 11.9 Å². The van der Waals surface area contributed by atoms with E-state index in [1.54, 1.807) is 0 Å². The Morgan fingerprint density at radius 1 is 1.41 bits per heavy atom. The highest BCUT2D eigenvalue weighted by Crippen LogP contribution is 2.24. The topological polar surface area (TPSA) is 59.0 Å². The van der Waals surface area contributed by atoms with Crippen molar-refractivity contribution in [2.75, 3.05) is 13.1 Å². The molecule has 2 N–H and O–H groups in total. The van der Waals surface area contributed by atoms with E-state index < -0.39 is 0 Å². The van der Waals surface area contributed by atoms with Crippen LogP contribution in [0.2, 0.25) is 0 Å². The zero-order valence-electron chi connectivity index (χ0n) is 14.4. The van der Waals surface area contributed by atoms with Crippen LogP contribution in [-0.4, -0.2) is 28.8 Å². The van der Waals surface area contributed by atoms with E-state index in [1.807, 2.05) is 18.7 Å². The Hall–Kier alpha value is -1.36. The lowest BCUT2D eigenvalue weighted by Crippen LogP contribution is -2.31. The molecule has 1 fully saturated rings. The Balaban J connectivity index is 1.90. The smallest absolute Gasteiger partial charge is 0.220 e. The largest absolute Gasteiger partial charge is 0.349 e. The summed E-state index contributed by atoms with van der Waals surface area (Å²) in [7, 11) is 1.96. The highest BCUT2D eigenvalue weighted by atomic mass is 16.1. The number of aromatic nitrogens is 2. The fourth-order valence-electron chi connectivity index (χ4n) is 3.44. The number of nitrogens with one attached hydrogen (secondary N) is 2. The van der Waals surface area contributed by atoms with Crippen LogP contribution in [-0.2, 0) is 11.8 Å². The van der Waals surface area contributed by atoms with Crippen LogP contribution in [0.4, 0.5) is 0 Å². The number of amides is 1. The van der Waals surface area contributed by atoms with Crippen molar-refractivity contribution in [1.29, 1.82) is 0 Å². The Morgan fingerprint density at radius 3 is 2.64 bits per heavy atom. The van der Waals surface area contributed by atoms with Crippen molar-refractivity contribution in [2.45, 2.75) is 58.9 Å². The lowest BCUT2D eigenvalue weighted by molar-refractivity contribution is -0.122. The molecule has 1 atom stereocenters. The van der Waals surface area contributed by atoms with Gasteiger partial charge in [-0.25, -0.2) is 0 Å². The number of rotatable bonds is 6. The second-order valence-corrected chi connectivity index (χ2v) is 6.47. The second kappa shape index (κ2) is 7.77. The van der Waals surface area contributed by atoms with E-state index >= 15 is 0 Å². The van der Waals surface area contributed by atoms with E-state index in [2.05, 4.69) is 29.6 Å². The van der Waals surface area contributed by atoms with Gasteiger partial charge in [-0.3, -0.25) is 9.48 Å². The van der Waals surface area contributed by atoms with Gasteiger partial charge in [0.15, 0.2) is 0 Å². The Kier molecular flexibility index (Phi) is 6.00. The molecule has 1 amide bonds. The van der Waals surface area contributed by atoms with Crippen molar-refractivity contribution in [3.05, 3.63) is 17.0 Å². The molecule has 1 aliphatic heterocycles. The molecule has 0 radical (unpaired) electrons. The van der Waals surface area contributed by atoms with Crippen LogP contribution in [0.3, 0.4) is 0 Å². The van der Waals surface area contributed by atoms with Crippen LogP contribution in [0, 0.1) is 19.8 Å². The first-order valence-corrected chi connectivity index (χ1v) is 8.53. The molecule has 1 unspecified atom stereocenters. The van der Waals surface area contributed by atoms with E-state index in [0.717, 1.165) is 37.3 Å². The SMILES string of the molecule is CCC(NC(=O)CCC1CCNCC1)c1c(C)nn(C)c1C. The van der Waals surface area contributed by atoms with Crippen LogP contribution in [0.15, 0.2) is 0 Å². The molecule has 1 aliphatic rings. The molecule has 124 valence electrons. The summed E-state index contributed by atoms with van der Waals surface area (Å²) in [6.45, 7) is 8.39. The first kappa shape index (κ1) is 17.0. The lowest BCUT2D eigenvalue weighted by Gasteiger charge is -2.23. The molecule has 0 bridgehead atoms. The summed E-state index contributed by atoms with van der Waals surface area (Å²) in [5.74, 6) is 0.877. The third kappa shape index (κ3) is 4.09. The number of carbonyl (C=O) groups is 1. The minimum absolute atomic E-state index is 0.0780. The van der Waals surface area contributed by atoms with Crippen molar-refractivity contribution in [3.8, 4) is 0 Å². The molecule has 1 saturated heterocycles. The molecule has 22 heavy (non-hydrogen) atoms. The third-order valence-electron chi connectivity index (χ3n) is 4.90. The number of hydrogen-bond donors (Lipinski definition) is 2. The molecule has 0 aromatic carbocycles. The number of carbonyl (C=O) groups excluding carboxylic acids is 1. The maximum Gasteiger partial charge on any atom is 0.220 e. The summed E-state index contributed by atoms with van der Waals surface area (Å²) in [5.41, 5.74) is 3.34.